The summed E-state index contributed by atoms with van der Waals surface area (Å²) in [5, 5.41) is 8.94. The van der Waals surface area contributed by atoms with Crippen molar-refractivity contribution in [1.29, 1.82) is 0 Å². The number of ether oxygens (including phenoxy) is 1. The Bertz CT molecular complexity index is 503. The van der Waals surface area contributed by atoms with Crippen molar-refractivity contribution in [2.45, 2.75) is 45.4 Å². The maximum atomic E-state index is 12.1. The van der Waals surface area contributed by atoms with Gasteiger partial charge < -0.3 is 9.84 Å². The SMILES string of the molecule is CC(Cc1cccc(OC(=O)C2CCCCC2)c1)C(=O)O. The summed E-state index contributed by atoms with van der Waals surface area (Å²) in [4.78, 5) is 23.0. The van der Waals surface area contributed by atoms with Crippen molar-refractivity contribution in [3.05, 3.63) is 29.8 Å². The molecule has 0 spiro atoms. The summed E-state index contributed by atoms with van der Waals surface area (Å²) < 4.78 is 5.45. The van der Waals surface area contributed by atoms with Crippen LogP contribution in [0.15, 0.2) is 24.3 Å². The van der Waals surface area contributed by atoms with E-state index in [-0.39, 0.29) is 11.9 Å². The molecular formula is C17H22O4. The van der Waals surface area contributed by atoms with Gasteiger partial charge in [0.1, 0.15) is 5.75 Å². The monoisotopic (exact) mass is 290 g/mol. The minimum absolute atomic E-state index is 0.0142. The lowest BCUT2D eigenvalue weighted by molar-refractivity contribution is -0.141. The number of carboxylic acids is 1. The minimum Gasteiger partial charge on any atom is -0.481 e. The van der Waals surface area contributed by atoms with Crippen LogP contribution in [0, 0.1) is 11.8 Å². The van der Waals surface area contributed by atoms with Crippen LogP contribution in [0.4, 0.5) is 0 Å². The van der Waals surface area contributed by atoms with Gasteiger partial charge in [-0.3, -0.25) is 9.59 Å². The van der Waals surface area contributed by atoms with Crippen molar-refractivity contribution in [3.63, 3.8) is 0 Å². The van der Waals surface area contributed by atoms with Crippen molar-refractivity contribution in [2.75, 3.05) is 0 Å². The quantitative estimate of drug-likeness (QED) is 0.666. The molecule has 1 aliphatic rings. The molecule has 114 valence electrons. The zero-order chi connectivity index (χ0) is 15.2. The third-order valence-electron chi connectivity index (χ3n) is 4.02. The van der Waals surface area contributed by atoms with Crippen LogP contribution in [0.1, 0.15) is 44.6 Å². The first-order valence-electron chi connectivity index (χ1n) is 7.59. The average molecular weight is 290 g/mol. The third kappa shape index (κ3) is 4.59. The summed E-state index contributed by atoms with van der Waals surface area (Å²) >= 11 is 0. The van der Waals surface area contributed by atoms with Gasteiger partial charge in [0.05, 0.1) is 11.8 Å². The molecule has 1 fully saturated rings. The minimum atomic E-state index is -0.820. The molecule has 1 unspecified atom stereocenters. The average Bonchev–Trinajstić information content (AvgIpc) is 2.48. The van der Waals surface area contributed by atoms with Crippen molar-refractivity contribution in [2.24, 2.45) is 11.8 Å². The zero-order valence-electron chi connectivity index (χ0n) is 12.4. The Morgan fingerprint density at radius 3 is 2.67 bits per heavy atom. The Balaban J connectivity index is 1.97. The van der Waals surface area contributed by atoms with Gasteiger partial charge in [-0.15, -0.1) is 0 Å². The number of carbonyl (C=O) groups is 2. The van der Waals surface area contributed by atoms with Gasteiger partial charge in [-0.1, -0.05) is 38.3 Å². The van der Waals surface area contributed by atoms with E-state index in [1.807, 2.05) is 6.07 Å². The predicted molar refractivity (Wildman–Crippen MR) is 79.2 cm³/mol. The Morgan fingerprint density at radius 2 is 2.00 bits per heavy atom. The summed E-state index contributed by atoms with van der Waals surface area (Å²) in [6, 6.07) is 7.17. The number of carbonyl (C=O) groups excluding carboxylic acids is 1. The number of hydrogen-bond donors (Lipinski definition) is 1. The summed E-state index contributed by atoms with van der Waals surface area (Å²) in [5.74, 6) is -0.895. The van der Waals surface area contributed by atoms with Gasteiger partial charge >= 0.3 is 11.9 Å². The molecule has 0 aromatic heterocycles. The topological polar surface area (TPSA) is 63.6 Å². The van der Waals surface area contributed by atoms with Crippen LogP contribution in [0.25, 0.3) is 0 Å². The lowest BCUT2D eigenvalue weighted by Gasteiger charge is -2.19. The predicted octanol–water partition coefficient (Wildman–Crippen LogP) is 3.44. The molecule has 0 saturated heterocycles. The highest BCUT2D eigenvalue weighted by molar-refractivity contribution is 5.75. The summed E-state index contributed by atoms with van der Waals surface area (Å²) in [7, 11) is 0. The van der Waals surface area contributed by atoms with Crippen molar-refractivity contribution in [3.8, 4) is 5.75 Å². The van der Waals surface area contributed by atoms with Crippen LogP contribution in [-0.4, -0.2) is 17.0 Å². The molecule has 0 radical (unpaired) electrons. The Labute approximate surface area is 125 Å². The summed E-state index contributed by atoms with van der Waals surface area (Å²) in [6.45, 7) is 1.67. The largest absolute Gasteiger partial charge is 0.481 e. The number of carboxylic acid groups (broad SMARTS) is 1. The molecule has 21 heavy (non-hydrogen) atoms. The second kappa shape index (κ2) is 7.25. The van der Waals surface area contributed by atoms with Crippen LogP contribution in [-0.2, 0) is 16.0 Å². The van der Waals surface area contributed by atoms with Gasteiger partial charge in [0, 0.05) is 0 Å². The molecule has 1 aromatic rings. The lowest BCUT2D eigenvalue weighted by Crippen LogP contribution is -2.22. The molecule has 1 aliphatic carbocycles. The van der Waals surface area contributed by atoms with Gasteiger partial charge in [0.15, 0.2) is 0 Å². The maximum absolute atomic E-state index is 12.1. The van der Waals surface area contributed by atoms with E-state index >= 15 is 0 Å². The third-order valence-corrected chi connectivity index (χ3v) is 4.02. The van der Waals surface area contributed by atoms with Crippen LogP contribution < -0.4 is 4.74 Å². The fraction of sp³-hybridized carbons (Fsp3) is 0.529. The standard InChI is InChI=1S/C17H22O4/c1-12(16(18)19)10-13-6-5-9-15(11-13)21-17(20)14-7-3-2-4-8-14/h5-6,9,11-12,14H,2-4,7-8,10H2,1H3,(H,18,19). The fourth-order valence-electron chi connectivity index (χ4n) is 2.71. The molecule has 1 aromatic carbocycles. The second-order valence-electron chi connectivity index (χ2n) is 5.85. The maximum Gasteiger partial charge on any atom is 0.314 e. The first-order valence-corrected chi connectivity index (χ1v) is 7.59. The Hall–Kier alpha value is -1.84. The zero-order valence-corrected chi connectivity index (χ0v) is 12.4. The first kappa shape index (κ1) is 15.5. The normalized spacial score (nSPS) is 17.2. The van der Waals surface area contributed by atoms with E-state index in [1.165, 1.54) is 6.42 Å². The van der Waals surface area contributed by atoms with Gasteiger partial charge in [-0.05, 0) is 37.0 Å². The number of aliphatic carboxylic acids is 1. The van der Waals surface area contributed by atoms with E-state index in [0.29, 0.717) is 12.2 Å². The molecule has 1 saturated carbocycles. The van der Waals surface area contributed by atoms with E-state index < -0.39 is 11.9 Å². The molecule has 0 aliphatic heterocycles. The fourth-order valence-corrected chi connectivity index (χ4v) is 2.71. The van der Waals surface area contributed by atoms with Gasteiger partial charge in [0.25, 0.3) is 0 Å². The van der Waals surface area contributed by atoms with Crippen molar-refractivity contribution in [1.82, 2.24) is 0 Å². The van der Waals surface area contributed by atoms with E-state index in [9.17, 15) is 9.59 Å². The van der Waals surface area contributed by atoms with Crippen molar-refractivity contribution < 1.29 is 19.4 Å². The van der Waals surface area contributed by atoms with E-state index in [0.717, 1.165) is 31.2 Å². The molecular weight excluding hydrogens is 268 g/mol. The van der Waals surface area contributed by atoms with Gasteiger partial charge in [-0.2, -0.15) is 0 Å². The highest BCUT2D eigenvalue weighted by Gasteiger charge is 2.23. The molecule has 0 heterocycles. The number of benzene rings is 1. The first-order chi connectivity index (χ1) is 10.1. The van der Waals surface area contributed by atoms with Crippen LogP contribution in [0.3, 0.4) is 0 Å². The lowest BCUT2D eigenvalue weighted by atomic mass is 9.89. The van der Waals surface area contributed by atoms with Crippen LogP contribution in [0.5, 0.6) is 5.75 Å². The van der Waals surface area contributed by atoms with Crippen molar-refractivity contribution >= 4 is 11.9 Å². The number of esters is 1. The highest BCUT2D eigenvalue weighted by atomic mass is 16.5. The Kier molecular flexibility index (Phi) is 5.37. The second-order valence-corrected chi connectivity index (χ2v) is 5.85. The number of rotatable bonds is 5. The van der Waals surface area contributed by atoms with Crippen LogP contribution in [0.2, 0.25) is 0 Å². The summed E-state index contributed by atoms with van der Waals surface area (Å²) in [5.41, 5.74) is 0.874. The molecule has 4 heteroatoms. The smallest absolute Gasteiger partial charge is 0.314 e. The molecule has 1 atom stereocenters. The highest BCUT2D eigenvalue weighted by Crippen LogP contribution is 2.26. The van der Waals surface area contributed by atoms with E-state index in [4.69, 9.17) is 9.84 Å². The number of hydrogen-bond acceptors (Lipinski definition) is 3. The molecule has 2 rings (SSSR count). The van der Waals surface area contributed by atoms with Gasteiger partial charge in [0.2, 0.25) is 0 Å². The van der Waals surface area contributed by atoms with Crippen LogP contribution >= 0.6 is 0 Å². The van der Waals surface area contributed by atoms with Gasteiger partial charge in [-0.25, -0.2) is 0 Å². The van der Waals surface area contributed by atoms with E-state index in [2.05, 4.69) is 0 Å². The van der Waals surface area contributed by atoms with E-state index in [1.54, 1.807) is 25.1 Å². The molecule has 4 nitrogen and oxygen atoms in total. The molecule has 1 N–H and O–H groups in total. The molecule has 0 bridgehead atoms. The molecule has 0 amide bonds. The summed E-state index contributed by atoms with van der Waals surface area (Å²) in [6.07, 6.45) is 5.64. The Morgan fingerprint density at radius 1 is 1.29 bits per heavy atom.